The molecule has 20 nitrogen and oxygen atoms in total. The molecule has 1 N–H and O–H groups in total. The molecule has 4 heterocycles. The molecule has 3 unspecified atom stereocenters. The Morgan fingerprint density at radius 3 is 1.20 bits per heavy atom. The Hall–Kier alpha value is -7.48. The van der Waals surface area contributed by atoms with E-state index in [4.69, 9.17) is 90.0 Å². The Labute approximate surface area is 659 Å². The molecular weight excluding hydrogens is 1430 g/mol. The second-order valence-electron chi connectivity index (χ2n) is 26.5. The number of benzene rings is 7. The first-order chi connectivity index (χ1) is 52.7. The van der Waals surface area contributed by atoms with Crippen molar-refractivity contribution >= 4 is 23.5 Å². The fraction of sp³-hybridized carbons (Fsp3) is 0.517. The second kappa shape index (κ2) is 52.6. The fourth-order valence-corrected chi connectivity index (χ4v) is 13.7. The van der Waals surface area contributed by atoms with Gasteiger partial charge in [0.2, 0.25) is 0 Å². The second-order valence-corrected chi connectivity index (χ2v) is 28.7. The van der Waals surface area contributed by atoms with Crippen LogP contribution >= 0.6 is 23.5 Å². The molecule has 0 spiro atoms. The smallest absolute Gasteiger partial charge is 0.132 e. The number of aliphatic hydroxyl groups excluding tert-OH is 1. The highest BCUT2D eigenvalue weighted by atomic mass is 32.2. The van der Waals surface area contributed by atoms with Crippen molar-refractivity contribution in [1.82, 2.24) is 0 Å². The number of fused-ring (bicyclic) bond motifs is 2. The maximum atomic E-state index is 9.31. The number of unbranched alkanes of at least 4 members (excludes halogenated alkanes) is 5. The third-order valence-corrected chi connectivity index (χ3v) is 20.7. The summed E-state index contributed by atoms with van der Waals surface area (Å²) in [5.41, 5.74) is 4.49. The summed E-state index contributed by atoms with van der Waals surface area (Å²) in [5, 5.41) is 9.31. The minimum atomic E-state index is -0.472. The minimum Gasteiger partial charge on any atom is -0.497 e. The standard InChI is InChI=1S/C16H26O2S.C14H14O2.C13H20O2S.C12H18O2.C9H12O2.C8H14O4.C8H10O2.C7H12O4/c1-4-5-6-7-8-9-12-19-16-13-14(17-2)10-11-15(16)18-3;1-15-12-8-9-14(16-2)13(10-12)11-6-4-3-5-7-11;1-5-10(2)9-16-13-8-11(14-3)6-7-12(13)15-4;1-12(2,3)10-8-9(13-4)6-7-11(10)14-5;1-7-6-8(10-2)4-5-9(7)11-3;1-9-5-3-11-8-6(10-2)4-12-7(5)8;1-9-7-3-5-8(10-2)6-4-7;1-9-5-3-11-6-4(8)2-10-7(5)6/h10-11,13H,4-9,12H2,1-3H3;3-10H,1-2H3;6-8,10H,5,9H2,1-4H3;6-8H,1-5H3;4-6H,1-3H3;5-8H,3-4H2,1-2H3;3-6H,1-2H3;4-8H,2-3H2,1H3/t;;;;;5-,6-,7-,8-;;4-,5+,6?,7?/m.....1.0/s1. The summed E-state index contributed by atoms with van der Waals surface area (Å²) in [5.74, 6) is 13.6. The predicted octanol–water partition coefficient (Wildman–Crippen LogP) is 18.1. The lowest BCUT2D eigenvalue weighted by Crippen LogP contribution is -2.32. The maximum Gasteiger partial charge on any atom is 0.132 e. The fourth-order valence-electron chi connectivity index (χ4n) is 11.4. The largest absolute Gasteiger partial charge is 0.497 e. The number of thioether (sulfide) groups is 2. The van der Waals surface area contributed by atoms with Crippen LogP contribution in [-0.4, -0.2) is 199 Å². The summed E-state index contributed by atoms with van der Waals surface area (Å²) in [6.45, 7) is 17.3. The van der Waals surface area contributed by atoms with Crippen LogP contribution in [0, 0.1) is 12.8 Å². The molecule has 22 heteroatoms. The normalized spacial score (nSPS) is 18.4. The van der Waals surface area contributed by atoms with E-state index in [-0.39, 0.29) is 48.1 Å². The zero-order valence-corrected chi connectivity index (χ0v) is 70.4. The van der Waals surface area contributed by atoms with Crippen LogP contribution in [0.15, 0.2) is 155 Å². The zero-order valence-electron chi connectivity index (χ0n) is 68.8. The number of ether oxygens (including phenoxy) is 19. The Bertz CT molecular complexity index is 3520. The first-order valence-corrected chi connectivity index (χ1v) is 39.0. The van der Waals surface area contributed by atoms with Crippen LogP contribution in [0.25, 0.3) is 11.1 Å². The van der Waals surface area contributed by atoms with Gasteiger partial charge in [0.15, 0.2) is 0 Å². The van der Waals surface area contributed by atoms with Crippen LogP contribution in [0.2, 0.25) is 0 Å². The van der Waals surface area contributed by atoms with Gasteiger partial charge in [0, 0.05) is 38.2 Å². The number of rotatable bonds is 28. The SMILES string of the molecule is CCC(C)CSc1cc(OC)ccc1OC.CCCCCCCCSc1cc(OC)ccc1OC.CO[C@@H]1COC2C1OC[C@@H]2O.CO[C@@H]1CO[C@H]2[C@@H]1OC[C@H]2OC.COc1ccc(OC)c(-c2ccccc2)c1.COc1ccc(OC)c(C(C)(C)C)c1.COc1ccc(OC)c(C)c1.COc1ccc(OC)cc1. The summed E-state index contributed by atoms with van der Waals surface area (Å²) in [4.78, 5) is 2.33. The van der Waals surface area contributed by atoms with Gasteiger partial charge in [-0.15, -0.1) is 23.5 Å². The number of methoxy groups -OCH3 is 15. The molecule has 4 aliphatic heterocycles. The van der Waals surface area contributed by atoms with Gasteiger partial charge in [-0.2, -0.15) is 0 Å². The number of hydrogen-bond acceptors (Lipinski definition) is 22. The molecule has 7 aromatic carbocycles. The van der Waals surface area contributed by atoms with E-state index in [1.54, 1.807) is 107 Å². The van der Waals surface area contributed by atoms with Gasteiger partial charge < -0.3 is 95.1 Å². The maximum absolute atomic E-state index is 9.31. The van der Waals surface area contributed by atoms with Crippen molar-refractivity contribution in [3.63, 3.8) is 0 Å². The van der Waals surface area contributed by atoms with Gasteiger partial charge in [-0.3, -0.25) is 0 Å². The molecule has 0 aliphatic carbocycles. The Morgan fingerprint density at radius 1 is 0.394 bits per heavy atom. The van der Waals surface area contributed by atoms with Crippen LogP contribution in [0.5, 0.6) is 69.0 Å². The quantitative estimate of drug-likeness (QED) is 0.0359. The molecule has 0 aromatic heterocycles. The summed E-state index contributed by atoms with van der Waals surface area (Å²) < 4.78 is 99.4. The molecule has 4 saturated heterocycles. The third-order valence-electron chi connectivity index (χ3n) is 18.2. The van der Waals surface area contributed by atoms with Gasteiger partial charge in [-0.1, -0.05) is 110 Å². The van der Waals surface area contributed by atoms with Gasteiger partial charge in [-0.05, 0) is 157 Å². The third kappa shape index (κ3) is 31.7. The lowest BCUT2D eigenvalue weighted by Gasteiger charge is -2.22. The highest BCUT2D eigenvalue weighted by Crippen LogP contribution is 2.38. The lowest BCUT2D eigenvalue weighted by molar-refractivity contribution is -0.0267. The van der Waals surface area contributed by atoms with E-state index in [0.29, 0.717) is 26.4 Å². The highest BCUT2D eigenvalue weighted by Gasteiger charge is 2.49. The van der Waals surface area contributed by atoms with E-state index in [2.05, 4.69) is 59.7 Å². The van der Waals surface area contributed by atoms with Crippen molar-refractivity contribution in [3.05, 3.63) is 157 Å². The van der Waals surface area contributed by atoms with E-state index < -0.39 is 6.10 Å². The van der Waals surface area contributed by atoms with Crippen molar-refractivity contribution in [3.8, 4) is 80.1 Å². The molecule has 606 valence electrons. The Morgan fingerprint density at radius 2 is 0.771 bits per heavy atom. The molecule has 0 bridgehead atoms. The van der Waals surface area contributed by atoms with E-state index in [9.17, 15) is 5.11 Å². The van der Waals surface area contributed by atoms with Crippen LogP contribution in [0.1, 0.15) is 97.6 Å². The average Bonchev–Trinajstić information content (AvgIpc) is 1.78. The van der Waals surface area contributed by atoms with Crippen molar-refractivity contribution < 1.29 is 95.1 Å². The zero-order chi connectivity index (χ0) is 80.1. The molecule has 4 aliphatic rings. The lowest BCUT2D eigenvalue weighted by atomic mass is 9.86. The van der Waals surface area contributed by atoms with Crippen LogP contribution in [-0.2, 0) is 38.6 Å². The molecule has 0 radical (unpaired) electrons. The van der Waals surface area contributed by atoms with Gasteiger partial charge in [-0.25, -0.2) is 0 Å². The molecular formula is C87H126O20S2. The van der Waals surface area contributed by atoms with Crippen molar-refractivity contribution in [2.45, 2.75) is 157 Å². The Balaban J connectivity index is 0.000000265. The van der Waals surface area contributed by atoms with E-state index >= 15 is 0 Å². The molecule has 11 rings (SSSR count). The summed E-state index contributed by atoms with van der Waals surface area (Å²) in [6, 6.07) is 46.8. The first kappa shape index (κ1) is 93.9. The van der Waals surface area contributed by atoms with Gasteiger partial charge in [0.1, 0.15) is 118 Å². The van der Waals surface area contributed by atoms with Crippen LogP contribution in [0.4, 0.5) is 0 Å². The summed E-state index contributed by atoms with van der Waals surface area (Å²) >= 11 is 3.69. The minimum absolute atomic E-state index is 0.00264. The number of aryl methyl sites for hydroxylation is 1. The monoisotopic (exact) mass is 1550 g/mol. The topological polar surface area (TPSA) is 196 Å². The van der Waals surface area contributed by atoms with Crippen LogP contribution in [0.3, 0.4) is 0 Å². The van der Waals surface area contributed by atoms with Gasteiger partial charge in [0.25, 0.3) is 0 Å². The molecule has 9 atom stereocenters. The number of aliphatic hydroxyl groups is 1. The van der Waals surface area contributed by atoms with Gasteiger partial charge in [0.05, 0.1) is 122 Å². The molecule has 0 saturated carbocycles. The first-order valence-electron chi connectivity index (χ1n) is 37.0. The molecule has 4 fully saturated rings. The predicted molar refractivity (Wildman–Crippen MR) is 438 cm³/mol. The molecule has 109 heavy (non-hydrogen) atoms. The average molecular weight is 1560 g/mol. The summed E-state index contributed by atoms with van der Waals surface area (Å²) in [6.07, 6.45) is 8.84. The van der Waals surface area contributed by atoms with E-state index in [1.165, 1.54) is 55.4 Å². The van der Waals surface area contributed by atoms with Crippen LogP contribution < -0.4 is 56.8 Å². The molecule has 7 aromatic rings. The van der Waals surface area contributed by atoms with Gasteiger partial charge >= 0.3 is 0 Å². The number of hydrogen-bond donors (Lipinski definition) is 1. The highest BCUT2D eigenvalue weighted by molar-refractivity contribution is 7.99. The van der Waals surface area contributed by atoms with Crippen molar-refractivity contribution in [1.29, 1.82) is 0 Å². The van der Waals surface area contributed by atoms with E-state index in [0.717, 1.165) is 108 Å². The van der Waals surface area contributed by atoms with E-state index in [1.807, 2.05) is 158 Å². The summed E-state index contributed by atoms with van der Waals surface area (Å²) in [7, 11) is 25.1. The van der Waals surface area contributed by atoms with Crippen molar-refractivity contribution in [2.75, 3.05) is 145 Å². The van der Waals surface area contributed by atoms with Crippen molar-refractivity contribution in [2.24, 2.45) is 5.92 Å². The molecule has 0 amide bonds. The Kier molecular flexibility index (Phi) is 45.3.